The van der Waals surface area contributed by atoms with E-state index in [0.29, 0.717) is 0 Å². The maximum Gasteiger partial charge on any atom is 0.249 e. The smallest absolute Gasteiger partial charge is 0.207 e. The molecule has 0 radical (unpaired) electrons. The van der Waals surface area contributed by atoms with Crippen LogP contribution < -0.4 is 0 Å². The van der Waals surface area contributed by atoms with Gasteiger partial charge in [0.2, 0.25) is 5.92 Å². The summed E-state index contributed by atoms with van der Waals surface area (Å²) in [6, 6.07) is 1.89. The van der Waals surface area contributed by atoms with Crippen LogP contribution in [0.4, 0.5) is 8.78 Å². The molecule has 1 nitrogen and oxygen atoms in total. The van der Waals surface area contributed by atoms with E-state index in [1.807, 2.05) is 6.07 Å². The van der Waals surface area contributed by atoms with Gasteiger partial charge in [-0.2, -0.15) is 5.26 Å². The molecular formula is C11H17F2N. The van der Waals surface area contributed by atoms with Crippen molar-refractivity contribution in [1.29, 1.82) is 5.26 Å². The quantitative estimate of drug-likeness (QED) is 0.682. The third-order valence-electron chi connectivity index (χ3n) is 3.18. The van der Waals surface area contributed by atoms with Crippen molar-refractivity contribution < 1.29 is 8.78 Å². The lowest BCUT2D eigenvalue weighted by atomic mass is 9.76. The molecule has 0 bridgehead atoms. The van der Waals surface area contributed by atoms with Gasteiger partial charge >= 0.3 is 0 Å². The second-order valence-electron chi connectivity index (χ2n) is 4.32. The van der Waals surface area contributed by atoms with Gasteiger partial charge in [-0.15, -0.1) is 0 Å². The molecule has 1 rings (SSSR count). The largest absolute Gasteiger partial charge is 0.249 e. The zero-order valence-electron chi connectivity index (χ0n) is 8.60. The first-order chi connectivity index (χ1) is 6.55. The lowest BCUT2D eigenvalue weighted by molar-refractivity contribution is -0.0672. The fraction of sp³-hybridized carbons (Fsp3) is 0.909. The molecule has 1 unspecified atom stereocenters. The Kier molecular flexibility index (Phi) is 3.86. The monoisotopic (exact) mass is 201 g/mol. The summed E-state index contributed by atoms with van der Waals surface area (Å²) in [5.74, 6) is -3.37. The third kappa shape index (κ3) is 2.94. The van der Waals surface area contributed by atoms with E-state index >= 15 is 0 Å². The molecule has 1 aliphatic carbocycles. The number of hydrogen-bond acceptors (Lipinski definition) is 1. The fourth-order valence-corrected chi connectivity index (χ4v) is 2.39. The van der Waals surface area contributed by atoms with Crippen LogP contribution in [0.5, 0.6) is 0 Å². The van der Waals surface area contributed by atoms with Gasteiger partial charge in [-0.05, 0) is 25.7 Å². The van der Waals surface area contributed by atoms with Crippen molar-refractivity contribution in [3.8, 4) is 6.07 Å². The van der Waals surface area contributed by atoms with Gasteiger partial charge in [-0.1, -0.05) is 19.3 Å². The summed E-state index contributed by atoms with van der Waals surface area (Å²) in [6.45, 7) is 0.948. The van der Waals surface area contributed by atoms with Gasteiger partial charge < -0.3 is 0 Å². The number of hydrogen-bond donors (Lipinski definition) is 0. The number of alkyl halides is 2. The van der Waals surface area contributed by atoms with Gasteiger partial charge in [0.1, 0.15) is 0 Å². The predicted octanol–water partition coefficient (Wildman–Crippen LogP) is 3.75. The average molecular weight is 201 g/mol. The van der Waals surface area contributed by atoms with Crippen LogP contribution in [0.25, 0.3) is 0 Å². The van der Waals surface area contributed by atoms with Crippen molar-refractivity contribution in [3.05, 3.63) is 0 Å². The summed E-state index contributed by atoms with van der Waals surface area (Å²) < 4.78 is 26.4. The Balaban J connectivity index is 2.62. The van der Waals surface area contributed by atoms with Gasteiger partial charge in [0, 0.05) is 12.3 Å². The molecule has 3 heteroatoms. The minimum Gasteiger partial charge on any atom is -0.207 e. The van der Waals surface area contributed by atoms with Crippen LogP contribution in [0.2, 0.25) is 0 Å². The molecule has 14 heavy (non-hydrogen) atoms. The zero-order chi connectivity index (χ0) is 10.6. The summed E-state index contributed by atoms with van der Waals surface area (Å²) in [4.78, 5) is 0. The van der Waals surface area contributed by atoms with Gasteiger partial charge in [-0.3, -0.25) is 0 Å². The molecule has 1 atom stereocenters. The third-order valence-corrected chi connectivity index (χ3v) is 3.18. The van der Waals surface area contributed by atoms with Crippen LogP contribution in [0.1, 0.15) is 45.4 Å². The number of nitrogens with zero attached hydrogens (tertiary/aromatic N) is 1. The maximum absolute atomic E-state index is 13.2. The molecule has 0 spiro atoms. The minimum absolute atomic E-state index is 0.00579. The highest BCUT2D eigenvalue weighted by Crippen LogP contribution is 2.40. The van der Waals surface area contributed by atoms with Crippen LogP contribution in [-0.4, -0.2) is 5.92 Å². The lowest BCUT2D eigenvalue weighted by Crippen LogP contribution is -2.32. The van der Waals surface area contributed by atoms with E-state index in [9.17, 15) is 8.78 Å². The van der Waals surface area contributed by atoms with Gasteiger partial charge in [-0.25, -0.2) is 8.78 Å². The predicted molar refractivity (Wildman–Crippen MR) is 50.9 cm³/mol. The lowest BCUT2D eigenvalue weighted by Gasteiger charge is -2.32. The normalized spacial score (nSPS) is 21.6. The maximum atomic E-state index is 13.2. The summed E-state index contributed by atoms with van der Waals surface area (Å²) in [6.07, 6.45) is 4.98. The van der Waals surface area contributed by atoms with Crippen molar-refractivity contribution in [1.82, 2.24) is 0 Å². The molecule has 0 aromatic heterocycles. The van der Waals surface area contributed by atoms with E-state index in [4.69, 9.17) is 5.26 Å². The molecule has 0 N–H and O–H groups in total. The molecule has 0 heterocycles. The van der Waals surface area contributed by atoms with E-state index in [1.54, 1.807) is 0 Å². The van der Waals surface area contributed by atoms with Crippen LogP contribution in [0.3, 0.4) is 0 Å². The highest BCUT2D eigenvalue weighted by atomic mass is 19.3. The first kappa shape index (κ1) is 11.4. The molecule has 0 aromatic rings. The summed E-state index contributed by atoms with van der Waals surface area (Å²) in [5.41, 5.74) is 0. The van der Waals surface area contributed by atoms with Gasteiger partial charge in [0.05, 0.1) is 6.07 Å². The number of halogens is 2. The molecule has 1 saturated carbocycles. The highest BCUT2D eigenvalue weighted by molar-refractivity contribution is 4.88. The number of rotatable bonds is 3. The fourth-order valence-electron chi connectivity index (χ4n) is 2.39. The summed E-state index contributed by atoms with van der Waals surface area (Å²) in [5, 5.41) is 8.55. The second kappa shape index (κ2) is 4.72. The Hall–Kier alpha value is -0.650. The van der Waals surface area contributed by atoms with Crippen molar-refractivity contribution in [3.63, 3.8) is 0 Å². The molecule has 1 aliphatic rings. The Morgan fingerprint density at radius 1 is 1.36 bits per heavy atom. The summed E-state index contributed by atoms with van der Waals surface area (Å²) in [7, 11) is 0. The molecule has 80 valence electrons. The Morgan fingerprint density at radius 3 is 2.36 bits per heavy atom. The molecule has 1 fully saturated rings. The Morgan fingerprint density at radius 2 is 1.93 bits per heavy atom. The zero-order valence-corrected chi connectivity index (χ0v) is 8.60. The molecule has 0 aromatic carbocycles. The van der Waals surface area contributed by atoms with E-state index in [0.717, 1.165) is 39.0 Å². The number of nitriles is 1. The van der Waals surface area contributed by atoms with Gasteiger partial charge in [0.15, 0.2) is 0 Å². The van der Waals surface area contributed by atoms with Crippen LogP contribution in [0.15, 0.2) is 0 Å². The second-order valence-corrected chi connectivity index (χ2v) is 4.32. The highest BCUT2D eigenvalue weighted by Gasteiger charge is 2.39. The van der Waals surface area contributed by atoms with Crippen LogP contribution in [-0.2, 0) is 0 Å². The summed E-state index contributed by atoms with van der Waals surface area (Å²) >= 11 is 0. The van der Waals surface area contributed by atoms with Crippen LogP contribution in [0, 0.1) is 23.2 Å². The van der Waals surface area contributed by atoms with E-state index in [2.05, 4.69) is 0 Å². The average Bonchev–Trinajstić information content (AvgIpc) is 2.14. The van der Waals surface area contributed by atoms with Crippen LogP contribution >= 0.6 is 0 Å². The van der Waals surface area contributed by atoms with E-state index < -0.39 is 11.8 Å². The first-order valence-corrected chi connectivity index (χ1v) is 5.30. The van der Waals surface area contributed by atoms with Gasteiger partial charge in [0.25, 0.3) is 0 Å². The Bertz CT molecular complexity index is 208. The Labute approximate surface area is 84.1 Å². The van der Waals surface area contributed by atoms with E-state index in [-0.39, 0.29) is 12.3 Å². The SMILES string of the molecule is CC(F)(F)C(CC#N)C1CCCCC1. The minimum atomic E-state index is -2.70. The van der Waals surface area contributed by atoms with Crippen molar-refractivity contribution in [2.75, 3.05) is 0 Å². The molecule has 0 amide bonds. The molecule has 0 aliphatic heterocycles. The topological polar surface area (TPSA) is 23.8 Å². The van der Waals surface area contributed by atoms with Crippen molar-refractivity contribution >= 4 is 0 Å². The standard InChI is InChI=1S/C11H17F2N/c1-11(12,13)10(7-8-14)9-5-3-2-4-6-9/h9-10H,2-7H2,1H3. The molecular weight excluding hydrogens is 184 g/mol. The van der Waals surface area contributed by atoms with E-state index in [1.165, 1.54) is 0 Å². The molecule has 0 saturated heterocycles. The van der Waals surface area contributed by atoms with Crippen molar-refractivity contribution in [2.24, 2.45) is 11.8 Å². The first-order valence-electron chi connectivity index (χ1n) is 5.30. The van der Waals surface area contributed by atoms with Crippen molar-refractivity contribution in [2.45, 2.75) is 51.4 Å².